The average molecular weight is 344 g/mol. The van der Waals surface area contributed by atoms with Crippen LogP contribution in [0.3, 0.4) is 0 Å². The molecular weight excluding hydrogens is 328 g/mol. The molecule has 0 aliphatic carbocycles. The second-order valence-electron chi connectivity index (χ2n) is 4.76. The molecule has 0 unspecified atom stereocenters. The molecule has 1 amide bonds. The van der Waals surface area contributed by atoms with E-state index in [1.807, 2.05) is 30.3 Å². The molecule has 0 atom stereocenters. The smallest absolute Gasteiger partial charge is 0.269 e. The number of hydroxylamine groups is 1. The van der Waals surface area contributed by atoms with Gasteiger partial charge in [-0.3, -0.25) is 9.63 Å². The molecule has 0 aliphatic rings. The lowest BCUT2D eigenvalue weighted by atomic mass is 10.2. The zero-order chi connectivity index (χ0) is 17.4. The molecule has 0 saturated heterocycles. The number of carbonyl (C=O) groups excluding carboxylic acids is 1. The van der Waals surface area contributed by atoms with Gasteiger partial charge >= 0.3 is 0 Å². The Hall–Kier alpha value is -2.66. The van der Waals surface area contributed by atoms with Crippen molar-refractivity contribution >= 4 is 15.9 Å². The fourth-order valence-electron chi connectivity index (χ4n) is 1.84. The molecule has 0 aromatic heterocycles. The Bertz CT molecular complexity index is 842. The number of sulfonamides is 1. The predicted molar refractivity (Wildman–Crippen MR) is 89.2 cm³/mol. The van der Waals surface area contributed by atoms with Gasteiger partial charge < -0.3 is 0 Å². The van der Waals surface area contributed by atoms with Crippen molar-refractivity contribution in [2.45, 2.75) is 11.5 Å². The SMILES string of the molecule is C#CCNS(=O)(=O)c1cccc(C(=O)NOCc2ccccc2)c1. The van der Waals surface area contributed by atoms with Crippen molar-refractivity contribution in [2.75, 3.05) is 6.54 Å². The minimum atomic E-state index is -3.76. The van der Waals surface area contributed by atoms with Gasteiger partial charge in [0.1, 0.15) is 0 Å². The van der Waals surface area contributed by atoms with Gasteiger partial charge in [0, 0.05) is 5.56 Å². The largest absolute Gasteiger partial charge is 0.274 e. The molecule has 2 aromatic rings. The van der Waals surface area contributed by atoms with Gasteiger partial charge in [0.05, 0.1) is 18.0 Å². The average Bonchev–Trinajstić information content (AvgIpc) is 2.61. The first-order chi connectivity index (χ1) is 11.5. The first kappa shape index (κ1) is 17.7. The molecule has 7 heteroatoms. The van der Waals surface area contributed by atoms with E-state index in [0.717, 1.165) is 5.56 Å². The maximum atomic E-state index is 12.0. The first-order valence-electron chi connectivity index (χ1n) is 7.02. The molecule has 124 valence electrons. The van der Waals surface area contributed by atoms with Crippen molar-refractivity contribution in [3.63, 3.8) is 0 Å². The Kier molecular flexibility index (Phi) is 6.09. The molecule has 0 spiro atoms. The third-order valence-corrected chi connectivity index (χ3v) is 4.42. The van der Waals surface area contributed by atoms with Crippen LogP contribution in [0, 0.1) is 12.3 Å². The number of terminal acetylenes is 1. The molecular formula is C17H16N2O4S. The molecule has 0 bridgehead atoms. The van der Waals surface area contributed by atoms with E-state index in [2.05, 4.69) is 16.1 Å². The van der Waals surface area contributed by atoms with Gasteiger partial charge in [-0.1, -0.05) is 42.3 Å². The van der Waals surface area contributed by atoms with Gasteiger partial charge in [-0.05, 0) is 23.8 Å². The van der Waals surface area contributed by atoms with Crippen molar-refractivity contribution < 1.29 is 18.0 Å². The molecule has 2 aromatic carbocycles. The molecule has 2 rings (SSSR count). The fraction of sp³-hybridized carbons (Fsp3) is 0.118. The van der Waals surface area contributed by atoms with Gasteiger partial charge in [-0.15, -0.1) is 6.42 Å². The normalized spacial score (nSPS) is 10.8. The molecule has 24 heavy (non-hydrogen) atoms. The third-order valence-electron chi connectivity index (χ3n) is 3.02. The Morgan fingerprint density at radius 1 is 1.12 bits per heavy atom. The number of amides is 1. The van der Waals surface area contributed by atoms with E-state index in [0.29, 0.717) is 0 Å². The lowest BCUT2D eigenvalue weighted by molar-refractivity contribution is 0.0233. The third kappa shape index (κ3) is 4.93. The summed E-state index contributed by atoms with van der Waals surface area (Å²) in [4.78, 5) is 17.1. The second kappa shape index (κ2) is 8.26. The van der Waals surface area contributed by atoms with Crippen LogP contribution in [0.4, 0.5) is 0 Å². The summed E-state index contributed by atoms with van der Waals surface area (Å²) in [7, 11) is -3.76. The van der Waals surface area contributed by atoms with Crippen LogP contribution in [0.2, 0.25) is 0 Å². The Morgan fingerprint density at radius 3 is 2.58 bits per heavy atom. The Labute approximate surface area is 140 Å². The summed E-state index contributed by atoms with van der Waals surface area (Å²) in [6.07, 6.45) is 5.04. The highest BCUT2D eigenvalue weighted by molar-refractivity contribution is 7.89. The molecule has 0 fully saturated rings. The molecule has 6 nitrogen and oxygen atoms in total. The second-order valence-corrected chi connectivity index (χ2v) is 6.53. The summed E-state index contributed by atoms with van der Waals surface area (Å²) in [5, 5.41) is 0. The van der Waals surface area contributed by atoms with E-state index in [1.54, 1.807) is 0 Å². The van der Waals surface area contributed by atoms with Crippen molar-refractivity contribution in [1.29, 1.82) is 0 Å². The van der Waals surface area contributed by atoms with E-state index in [1.165, 1.54) is 24.3 Å². The number of hydrogen-bond donors (Lipinski definition) is 2. The number of nitrogens with one attached hydrogen (secondary N) is 2. The minimum absolute atomic E-state index is 0.0477. The van der Waals surface area contributed by atoms with E-state index in [4.69, 9.17) is 11.3 Å². The molecule has 2 N–H and O–H groups in total. The van der Waals surface area contributed by atoms with Crippen LogP contribution in [0.5, 0.6) is 0 Å². The van der Waals surface area contributed by atoms with Gasteiger partial charge in [-0.2, -0.15) is 4.72 Å². The van der Waals surface area contributed by atoms with Gasteiger partial charge in [0.25, 0.3) is 5.91 Å². The maximum Gasteiger partial charge on any atom is 0.274 e. The van der Waals surface area contributed by atoms with Gasteiger partial charge in [-0.25, -0.2) is 13.9 Å². The predicted octanol–water partition coefficient (Wildman–Crippen LogP) is 1.46. The van der Waals surface area contributed by atoms with Crippen LogP contribution < -0.4 is 10.2 Å². The molecule has 0 radical (unpaired) electrons. The van der Waals surface area contributed by atoms with Crippen molar-refractivity contribution in [1.82, 2.24) is 10.2 Å². The van der Waals surface area contributed by atoms with Crippen molar-refractivity contribution in [2.24, 2.45) is 0 Å². The highest BCUT2D eigenvalue weighted by Gasteiger charge is 2.15. The number of carbonyl (C=O) groups is 1. The molecule has 0 aliphatic heterocycles. The fourth-order valence-corrected chi connectivity index (χ4v) is 2.82. The monoisotopic (exact) mass is 344 g/mol. The van der Waals surface area contributed by atoms with Crippen molar-refractivity contribution in [3.05, 3.63) is 65.7 Å². The topological polar surface area (TPSA) is 84.5 Å². The maximum absolute atomic E-state index is 12.0. The highest BCUT2D eigenvalue weighted by Crippen LogP contribution is 2.11. The lowest BCUT2D eigenvalue weighted by Gasteiger charge is -2.08. The number of hydrogen-bond acceptors (Lipinski definition) is 4. The van der Waals surface area contributed by atoms with Gasteiger partial charge in [0.15, 0.2) is 0 Å². The van der Waals surface area contributed by atoms with E-state index >= 15 is 0 Å². The zero-order valence-corrected chi connectivity index (χ0v) is 13.5. The summed E-state index contributed by atoms with van der Waals surface area (Å²) in [5.74, 6) is 1.64. The number of benzene rings is 2. The van der Waals surface area contributed by atoms with E-state index < -0.39 is 15.9 Å². The summed E-state index contributed by atoms with van der Waals surface area (Å²) in [5.41, 5.74) is 3.34. The molecule has 0 heterocycles. The standard InChI is InChI=1S/C17H16N2O4S/c1-2-11-18-24(21,22)16-10-6-9-15(12-16)17(20)19-23-13-14-7-4-3-5-8-14/h1,3-10,12,18H,11,13H2,(H,19,20). The minimum Gasteiger partial charge on any atom is -0.269 e. The zero-order valence-electron chi connectivity index (χ0n) is 12.7. The lowest BCUT2D eigenvalue weighted by Crippen LogP contribution is -2.26. The quantitative estimate of drug-likeness (QED) is 0.588. The molecule has 0 saturated carbocycles. The first-order valence-corrected chi connectivity index (χ1v) is 8.50. The summed E-state index contributed by atoms with van der Waals surface area (Å²) < 4.78 is 26.2. The van der Waals surface area contributed by atoms with E-state index in [-0.39, 0.29) is 23.6 Å². The Morgan fingerprint density at radius 2 is 1.88 bits per heavy atom. The van der Waals surface area contributed by atoms with Crippen LogP contribution in [-0.4, -0.2) is 20.9 Å². The van der Waals surface area contributed by atoms with Crippen LogP contribution >= 0.6 is 0 Å². The van der Waals surface area contributed by atoms with Gasteiger partial charge in [0.2, 0.25) is 10.0 Å². The van der Waals surface area contributed by atoms with Crippen LogP contribution in [-0.2, 0) is 21.5 Å². The highest BCUT2D eigenvalue weighted by atomic mass is 32.2. The number of rotatable bonds is 7. The van der Waals surface area contributed by atoms with E-state index in [9.17, 15) is 13.2 Å². The van der Waals surface area contributed by atoms with Crippen LogP contribution in [0.25, 0.3) is 0 Å². The summed E-state index contributed by atoms with van der Waals surface area (Å²) in [6, 6.07) is 14.9. The van der Waals surface area contributed by atoms with Crippen molar-refractivity contribution in [3.8, 4) is 12.3 Å². The van der Waals surface area contributed by atoms with Crippen LogP contribution in [0.15, 0.2) is 59.5 Å². The Balaban J connectivity index is 2.00. The summed E-state index contributed by atoms with van der Waals surface area (Å²) >= 11 is 0. The van der Waals surface area contributed by atoms with Crippen LogP contribution in [0.1, 0.15) is 15.9 Å². The summed E-state index contributed by atoms with van der Waals surface area (Å²) in [6.45, 7) is 0.0766.